The lowest BCUT2D eigenvalue weighted by Gasteiger charge is -2.42. The zero-order chi connectivity index (χ0) is 32.4. The molecule has 15 heteroatoms. The lowest BCUT2D eigenvalue weighted by atomic mass is 9.78. The molecule has 43 heavy (non-hydrogen) atoms. The number of carboxylic acids is 2. The van der Waals surface area contributed by atoms with E-state index in [0.717, 1.165) is 64.3 Å². The van der Waals surface area contributed by atoms with E-state index in [1.165, 1.54) is 16.7 Å². The SMILES string of the molecule is Cc1ccc(C(=O)N2CCC3(CC2)COCCN(Cc2cccnc2)C3)cc1C.O=C(O)C(F)(F)F.O=C(O)C(F)(F)F. The number of amides is 1. The van der Waals surface area contributed by atoms with Crippen molar-refractivity contribution >= 4 is 17.8 Å². The molecule has 9 nitrogen and oxygen atoms in total. The fourth-order valence-corrected chi connectivity index (χ4v) is 4.51. The van der Waals surface area contributed by atoms with Crippen molar-refractivity contribution in [3.63, 3.8) is 0 Å². The molecular formula is C28H33F6N3O6. The van der Waals surface area contributed by atoms with Crippen molar-refractivity contribution in [3.8, 4) is 0 Å². The van der Waals surface area contributed by atoms with Crippen molar-refractivity contribution in [2.75, 3.05) is 39.4 Å². The molecule has 0 aliphatic carbocycles. The average molecular weight is 622 g/mol. The lowest BCUT2D eigenvalue weighted by molar-refractivity contribution is -0.193. The van der Waals surface area contributed by atoms with E-state index in [9.17, 15) is 31.1 Å². The normalized spacial score (nSPS) is 17.1. The minimum Gasteiger partial charge on any atom is -0.475 e. The number of hydrogen-bond donors (Lipinski definition) is 2. The second-order valence-electron chi connectivity index (χ2n) is 10.3. The van der Waals surface area contributed by atoms with Crippen LogP contribution in [-0.4, -0.2) is 94.6 Å². The number of aliphatic carboxylic acids is 2. The number of carboxylic acid groups (broad SMARTS) is 2. The molecule has 3 heterocycles. The van der Waals surface area contributed by atoms with E-state index in [1.807, 2.05) is 41.6 Å². The highest BCUT2D eigenvalue weighted by Crippen LogP contribution is 2.35. The molecule has 0 bridgehead atoms. The van der Waals surface area contributed by atoms with E-state index in [0.29, 0.717) is 0 Å². The maximum absolute atomic E-state index is 13.0. The van der Waals surface area contributed by atoms with Crippen LogP contribution in [0, 0.1) is 19.3 Å². The maximum atomic E-state index is 13.0. The van der Waals surface area contributed by atoms with Crippen LogP contribution in [0.1, 0.15) is 39.9 Å². The average Bonchev–Trinajstić information content (AvgIpc) is 3.12. The molecule has 1 aromatic heterocycles. The lowest BCUT2D eigenvalue weighted by Crippen LogP contribution is -2.48. The van der Waals surface area contributed by atoms with Gasteiger partial charge < -0.3 is 19.8 Å². The smallest absolute Gasteiger partial charge is 0.475 e. The fraction of sp³-hybridized carbons (Fsp3) is 0.500. The fourth-order valence-electron chi connectivity index (χ4n) is 4.51. The number of alkyl halides is 6. The first-order valence-corrected chi connectivity index (χ1v) is 13.1. The molecule has 2 saturated heterocycles. The third-order valence-electron chi connectivity index (χ3n) is 7.00. The molecule has 2 N–H and O–H groups in total. The van der Waals surface area contributed by atoms with Gasteiger partial charge in [-0.25, -0.2) is 9.59 Å². The molecule has 1 aromatic carbocycles. The van der Waals surface area contributed by atoms with Crippen LogP contribution in [0.4, 0.5) is 26.3 Å². The van der Waals surface area contributed by atoms with Gasteiger partial charge in [0.2, 0.25) is 0 Å². The number of aryl methyl sites for hydroxylation is 2. The number of piperidine rings is 1. The van der Waals surface area contributed by atoms with Crippen LogP contribution in [0.2, 0.25) is 0 Å². The highest BCUT2D eigenvalue weighted by Gasteiger charge is 2.40. The first kappa shape index (κ1) is 35.5. The molecule has 0 saturated carbocycles. The Morgan fingerprint density at radius 3 is 2.00 bits per heavy atom. The number of benzene rings is 1. The van der Waals surface area contributed by atoms with Crippen LogP contribution >= 0.6 is 0 Å². The first-order valence-electron chi connectivity index (χ1n) is 13.1. The van der Waals surface area contributed by atoms with Gasteiger partial charge in [0.05, 0.1) is 13.2 Å². The second kappa shape index (κ2) is 15.1. The van der Waals surface area contributed by atoms with Crippen LogP contribution in [0.25, 0.3) is 0 Å². The number of halogens is 6. The van der Waals surface area contributed by atoms with Gasteiger partial charge in [-0.1, -0.05) is 12.1 Å². The summed E-state index contributed by atoms with van der Waals surface area (Å²) in [7, 11) is 0. The molecule has 1 spiro atoms. The van der Waals surface area contributed by atoms with E-state index < -0.39 is 24.3 Å². The van der Waals surface area contributed by atoms with Crippen LogP contribution in [-0.2, 0) is 20.9 Å². The van der Waals surface area contributed by atoms with Crippen LogP contribution < -0.4 is 0 Å². The van der Waals surface area contributed by atoms with Gasteiger partial charge in [0.25, 0.3) is 5.91 Å². The Morgan fingerprint density at radius 2 is 1.51 bits per heavy atom. The molecule has 4 rings (SSSR count). The minimum absolute atomic E-state index is 0.138. The quantitative estimate of drug-likeness (QED) is 0.473. The summed E-state index contributed by atoms with van der Waals surface area (Å²) in [5, 5.41) is 14.2. The molecule has 2 aromatic rings. The van der Waals surface area contributed by atoms with E-state index in [4.69, 9.17) is 24.5 Å². The van der Waals surface area contributed by atoms with Gasteiger partial charge in [0.15, 0.2) is 0 Å². The number of nitrogens with zero attached hydrogens (tertiary/aromatic N) is 3. The van der Waals surface area contributed by atoms with E-state index >= 15 is 0 Å². The third-order valence-corrected chi connectivity index (χ3v) is 7.00. The number of ether oxygens (including phenoxy) is 1. The molecule has 0 radical (unpaired) electrons. The predicted molar refractivity (Wildman–Crippen MR) is 141 cm³/mol. The number of hydrogen-bond acceptors (Lipinski definition) is 6. The molecular weight excluding hydrogens is 588 g/mol. The maximum Gasteiger partial charge on any atom is 0.490 e. The van der Waals surface area contributed by atoms with Crippen LogP contribution in [0.5, 0.6) is 0 Å². The summed E-state index contributed by atoms with van der Waals surface area (Å²) in [4.78, 5) is 39.5. The van der Waals surface area contributed by atoms with Gasteiger partial charge in [-0.05, 0) is 61.6 Å². The van der Waals surface area contributed by atoms with E-state index in [-0.39, 0.29) is 11.3 Å². The van der Waals surface area contributed by atoms with Gasteiger partial charge in [0, 0.05) is 56.1 Å². The Hall–Kier alpha value is -3.72. The van der Waals surface area contributed by atoms with Crippen molar-refractivity contribution in [3.05, 3.63) is 65.0 Å². The Balaban J connectivity index is 0.000000384. The summed E-state index contributed by atoms with van der Waals surface area (Å²) in [5.74, 6) is -5.36. The molecule has 2 aliphatic rings. The largest absolute Gasteiger partial charge is 0.490 e. The molecule has 2 aliphatic heterocycles. The summed E-state index contributed by atoms with van der Waals surface area (Å²) >= 11 is 0. The minimum atomic E-state index is -5.08. The summed E-state index contributed by atoms with van der Waals surface area (Å²) in [5.41, 5.74) is 4.58. The van der Waals surface area contributed by atoms with E-state index in [1.54, 1.807) is 0 Å². The van der Waals surface area contributed by atoms with Crippen LogP contribution in [0.3, 0.4) is 0 Å². The standard InChI is InChI=1S/C24H31N3O2.2C2HF3O2/c1-19-5-6-22(14-20(19)2)23(28)27-10-7-24(8-11-27)17-26(12-13-29-18-24)16-21-4-3-9-25-15-21;2*3-2(4,5)1(6)7/h3-6,9,14-15H,7-8,10-13,16-18H2,1-2H3;2*(H,6,7). The second-order valence-corrected chi connectivity index (χ2v) is 10.3. The topological polar surface area (TPSA) is 120 Å². The Labute approximate surface area is 244 Å². The van der Waals surface area contributed by atoms with Gasteiger partial charge in [-0.15, -0.1) is 0 Å². The van der Waals surface area contributed by atoms with Crippen molar-refractivity contribution in [1.29, 1.82) is 0 Å². The number of carbonyl (C=O) groups is 3. The van der Waals surface area contributed by atoms with Crippen molar-refractivity contribution in [2.24, 2.45) is 5.41 Å². The van der Waals surface area contributed by atoms with Gasteiger partial charge in [-0.3, -0.25) is 14.7 Å². The zero-order valence-corrected chi connectivity index (χ0v) is 23.5. The van der Waals surface area contributed by atoms with Gasteiger partial charge in [-0.2, -0.15) is 26.3 Å². The van der Waals surface area contributed by atoms with E-state index in [2.05, 4.69) is 29.8 Å². The molecule has 0 atom stereocenters. The molecule has 2 fully saturated rings. The summed E-state index contributed by atoms with van der Waals surface area (Å²) < 4.78 is 69.5. The van der Waals surface area contributed by atoms with Crippen molar-refractivity contribution < 1.29 is 55.7 Å². The summed E-state index contributed by atoms with van der Waals surface area (Å²) in [6.07, 6.45) is -4.41. The number of carbonyl (C=O) groups excluding carboxylic acids is 1. The Morgan fingerprint density at radius 1 is 0.930 bits per heavy atom. The molecule has 1 amide bonds. The Bertz CT molecular complexity index is 1210. The number of likely N-dealkylation sites (tertiary alicyclic amines) is 1. The van der Waals surface area contributed by atoms with Crippen LogP contribution in [0.15, 0.2) is 42.7 Å². The highest BCUT2D eigenvalue weighted by molar-refractivity contribution is 5.94. The van der Waals surface area contributed by atoms with Crippen molar-refractivity contribution in [1.82, 2.24) is 14.8 Å². The number of pyridine rings is 1. The molecule has 238 valence electrons. The predicted octanol–water partition coefficient (Wildman–Crippen LogP) is 4.72. The first-order chi connectivity index (χ1) is 19.9. The summed E-state index contributed by atoms with van der Waals surface area (Å²) in [6.45, 7) is 10.2. The van der Waals surface area contributed by atoms with Gasteiger partial charge in [0.1, 0.15) is 0 Å². The number of aromatic nitrogens is 1. The number of rotatable bonds is 3. The summed E-state index contributed by atoms with van der Waals surface area (Å²) in [6, 6.07) is 10.2. The highest BCUT2D eigenvalue weighted by atomic mass is 19.4. The monoisotopic (exact) mass is 621 g/mol. The van der Waals surface area contributed by atoms with Crippen molar-refractivity contribution in [2.45, 2.75) is 45.6 Å². The molecule has 0 unspecified atom stereocenters. The van der Waals surface area contributed by atoms with Gasteiger partial charge >= 0.3 is 24.3 Å². The Kier molecular flexibility index (Phi) is 12.5. The third kappa shape index (κ3) is 11.5. The zero-order valence-electron chi connectivity index (χ0n) is 23.5.